The molecule has 0 saturated carbocycles. The highest BCUT2D eigenvalue weighted by Gasteiger charge is 2.10. The van der Waals surface area contributed by atoms with Crippen LogP contribution in [0.5, 0.6) is 0 Å². The van der Waals surface area contributed by atoms with Crippen LogP contribution in [0.1, 0.15) is 0 Å². The van der Waals surface area contributed by atoms with Crippen LogP contribution in [0.4, 0.5) is 0 Å². The largest absolute Gasteiger partial charge is 0.256 e. The Balaban J connectivity index is 1.46. The van der Waals surface area contributed by atoms with Gasteiger partial charge in [0.05, 0.1) is 5.69 Å². The fraction of sp³-hybridized carbons (Fsp3) is 0. The molecule has 0 radical (unpaired) electrons. The van der Waals surface area contributed by atoms with Crippen molar-refractivity contribution in [2.24, 2.45) is 0 Å². The highest BCUT2D eigenvalue weighted by Crippen LogP contribution is 2.36. The van der Waals surface area contributed by atoms with E-state index >= 15 is 0 Å². The summed E-state index contributed by atoms with van der Waals surface area (Å²) in [6.07, 6.45) is 1.84. The standard InChI is InChI=1S/C35H23Br2N/c36-33-13-5-10-27(22-33)31-19-30(20-32(21-31)28-11-6-14-34(37)23-28)26-9-3-7-24(17-26)25-8-4-12-29(18-25)35-15-1-2-16-38-35/h1-23H. The van der Waals surface area contributed by atoms with Gasteiger partial charge < -0.3 is 0 Å². The van der Waals surface area contributed by atoms with E-state index in [0.717, 1.165) is 20.2 Å². The monoisotopic (exact) mass is 615 g/mol. The van der Waals surface area contributed by atoms with Gasteiger partial charge in [0, 0.05) is 20.7 Å². The second kappa shape index (κ2) is 10.9. The second-order valence-corrected chi connectivity index (χ2v) is 11.0. The van der Waals surface area contributed by atoms with Gasteiger partial charge in [-0.1, -0.05) is 98.6 Å². The summed E-state index contributed by atoms with van der Waals surface area (Å²) < 4.78 is 2.14. The summed E-state index contributed by atoms with van der Waals surface area (Å²) in [5, 5.41) is 0. The summed E-state index contributed by atoms with van der Waals surface area (Å²) >= 11 is 7.29. The molecule has 38 heavy (non-hydrogen) atoms. The van der Waals surface area contributed by atoms with E-state index in [1.807, 2.05) is 24.4 Å². The highest BCUT2D eigenvalue weighted by molar-refractivity contribution is 9.10. The Labute approximate surface area is 240 Å². The number of aromatic nitrogens is 1. The SMILES string of the molecule is Brc1cccc(-c2cc(-c3cccc(Br)c3)cc(-c3cccc(-c4cccc(-c5ccccn5)c4)c3)c2)c1. The maximum Gasteiger partial charge on any atom is 0.0702 e. The molecule has 1 heterocycles. The maximum atomic E-state index is 4.53. The maximum absolute atomic E-state index is 4.53. The van der Waals surface area contributed by atoms with Crippen LogP contribution in [-0.4, -0.2) is 4.98 Å². The van der Waals surface area contributed by atoms with Crippen molar-refractivity contribution in [3.8, 4) is 55.8 Å². The minimum atomic E-state index is 0.978. The van der Waals surface area contributed by atoms with Crippen molar-refractivity contribution in [3.05, 3.63) is 149 Å². The Morgan fingerprint density at radius 3 is 1.21 bits per heavy atom. The number of benzene rings is 5. The van der Waals surface area contributed by atoms with Gasteiger partial charge in [-0.3, -0.25) is 4.98 Å². The molecule has 0 aliphatic carbocycles. The van der Waals surface area contributed by atoms with Crippen LogP contribution in [-0.2, 0) is 0 Å². The summed E-state index contributed by atoms with van der Waals surface area (Å²) in [5.74, 6) is 0. The van der Waals surface area contributed by atoms with E-state index in [1.54, 1.807) is 0 Å². The molecule has 0 atom stereocenters. The topological polar surface area (TPSA) is 12.9 Å². The number of halogens is 2. The number of pyridine rings is 1. The summed E-state index contributed by atoms with van der Waals surface area (Å²) in [4.78, 5) is 4.53. The Bertz CT molecular complexity index is 1680. The van der Waals surface area contributed by atoms with Gasteiger partial charge in [-0.2, -0.15) is 0 Å². The molecule has 0 unspecified atom stereocenters. The Morgan fingerprint density at radius 1 is 0.342 bits per heavy atom. The minimum Gasteiger partial charge on any atom is -0.256 e. The normalized spacial score (nSPS) is 10.9. The third kappa shape index (κ3) is 5.40. The molecular weight excluding hydrogens is 594 g/mol. The number of nitrogens with zero attached hydrogens (tertiary/aromatic N) is 1. The van der Waals surface area contributed by atoms with Crippen LogP contribution in [0, 0.1) is 0 Å². The van der Waals surface area contributed by atoms with E-state index in [1.165, 1.54) is 44.5 Å². The number of hydrogen-bond acceptors (Lipinski definition) is 1. The summed E-state index contributed by atoms with van der Waals surface area (Å²) in [6.45, 7) is 0. The van der Waals surface area contributed by atoms with Crippen LogP contribution in [0.15, 0.2) is 149 Å². The van der Waals surface area contributed by atoms with E-state index in [-0.39, 0.29) is 0 Å². The van der Waals surface area contributed by atoms with Crippen molar-refractivity contribution in [1.29, 1.82) is 0 Å². The second-order valence-electron chi connectivity index (χ2n) is 9.20. The van der Waals surface area contributed by atoms with Gasteiger partial charge in [-0.25, -0.2) is 0 Å². The van der Waals surface area contributed by atoms with E-state index in [2.05, 4.69) is 152 Å². The van der Waals surface area contributed by atoms with E-state index in [9.17, 15) is 0 Å². The molecule has 182 valence electrons. The smallest absolute Gasteiger partial charge is 0.0702 e. The fourth-order valence-electron chi connectivity index (χ4n) is 4.73. The third-order valence-electron chi connectivity index (χ3n) is 6.60. The lowest BCUT2D eigenvalue weighted by molar-refractivity contribution is 1.33. The van der Waals surface area contributed by atoms with Crippen LogP contribution in [0.3, 0.4) is 0 Å². The van der Waals surface area contributed by atoms with Crippen molar-refractivity contribution >= 4 is 31.9 Å². The average Bonchev–Trinajstić information content (AvgIpc) is 2.97. The van der Waals surface area contributed by atoms with Crippen molar-refractivity contribution in [3.63, 3.8) is 0 Å². The zero-order valence-corrected chi connectivity index (χ0v) is 23.7. The predicted molar refractivity (Wildman–Crippen MR) is 167 cm³/mol. The van der Waals surface area contributed by atoms with Crippen molar-refractivity contribution in [2.75, 3.05) is 0 Å². The third-order valence-corrected chi connectivity index (χ3v) is 7.59. The van der Waals surface area contributed by atoms with Gasteiger partial charge in [0.25, 0.3) is 0 Å². The first-order valence-electron chi connectivity index (χ1n) is 12.4. The first-order chi connectivity index (χ1) is 18.6. The van der Waals surface area contributed by atoms with Crippen LogP contribution in [0.2, 0.25) is 0 Å². The zero-order chi connectivity index (χ0) is 25.9. The number of rotatable bonds is 5. The molecule has 1 aromatic heterocycles. The van der Waals surface area contributed by atoms with Gasteiger partial charge in [0.2, 0.25) is 0 Å². The van der Waals surface area contributed by atoms with Crippen LogP contribution in [0.25, 0.3) is 55.8 Å². The van der Waals surface area contributed by atoms with Gasteiger partial charge in [-0.15, -0.1) is 0 Å². The number of hydrogen-bond donors (Lipinski definition) is 0. The van der Waals surface area contributed by atoms with Crippen molar-refractivity contribution in [2.45, 2.75) is 0 Å². The quantitative estimate of drug-likeness (QED) is 0.188. The summed E-state index contributed by atoms with van der Waals surface area (Å²) in [5.41, 5.74) is 11.5. The molecule has 6 rings (SSSR count). The molecule has 0 aliphatic rings. The molecule has 0 saturated heterocycles. The summed E-state index contributed by atoms with van der Waals surface area (Å²) in [7, 11) is 0. The molecule has 6 aromatic rings. The molecule has 3 heteroatoms. The first kappa shape index (κ1) is 24.5. The van der Waals surface area contributed by atoms with Crippen molar-refractivity contribution in [1.82, 2.24) is 4.98 Å². The van der Waals surface area contributed by atoms with E-state index in [4.69, 9.17) is 0 Å². The van der Waals surface area contributed by atoms with Crippen LogP contribution >= 0.6 is 31.9 Å². The molecule has 0 fully saturated rings. The highest BCUT2D eigenvalue weighted by atomic mass is 79.9. The lowest BCUT2D eigenvalue weighted by Gasteiger charge is -2.13. The summed E-state index contributed by atoms with van der Waals surface area (Å²) in [6, 6.07) is 47.2. The fourth-order valence-corrected chi connectivity index (χ4v) is 5.53. The lowest BCUT2D eigenvalue weighted by atomic mass is 9.92. The van der Waals surface area contributed by atoms with E-state index < -0.39 is 0 Å². The Hall–Kier alpha value is -3.79. The molecule has 0 N–H and O–H groups in total. The van der Waals surface area contributed by atoms with E-state index in [0.29, 0.717) is 0 Å². The molecule has 0 amide bonds. The van der Waals surface area contributed by atoms with Gasteiger partial charge >= 0.3 is 0 Å². The molecule has 0 spiro atoms. The molecule has 5 aromatic carbocycles. The van der Waals surface area contributed by atoms with Gasteiger partial charge in [0.15, 0.2) is 0 Å². The molecular formula is C35H23Br2N. The lowest BCUT2D eigenvalue weighted by Crippen LogP contribution is -1.88. The molecule has 1 nitrogen and oxygen atoms in total. The zero-order valence-electron chi connectivity index (χ0n) is 20.5. The Morgan fingerprint density at radius 2 is 0.737 bits per heavy atom. The van der Waals surface area contributed by atoms with Crippen molar-refractivity contribution < 1.29 is 0 Å². The van der Waals surface area contributed by atoms with Crippen LogP contribution < -0.4 is 0 Å². The van der Waals surface area contributed by atoms with Gasteiger partial charge in [0.1, 0.15) is 0 Å². The van der Waals surface area contributed by atoms with Gasteiger partial charge in [-0.05, 0) is 111 Å². The minimum absolute atomic E-state index is 0.978. The molecule has 0 aliphatic heterocycles. The predicted octanol–water partition coefficient (Wildman–Crippen LogP) is 10.9. The molecule has 0 bridgehead atoms. The first-order valence-corrected chi connectivity index (χ1v) is 14.0. The average molecular weight is 617 g/mol. The Kier molecular flexibility index (Phi) is 7.04.